The number of H-pyrrole nitrogens is 1. The van der Waals surface area contributed by atoms with E-state index in [1.807, 2.05) is 0 Å². The molecule has 0 bridgehead atoms. The van der Waals surface area contributed by atoms with E-state index >= 15 is 0 Å². The van der Waals surface area contributed by atoms with Crippen LogP contribution in [0.2, 0.25) is 0 Å². The molecule has 1 aromatic carbocycles. The quantitative estimate of drug-likeness (QED) is 0.900. The number of alkyl halides is 2. The molecule has 6 heteroatoms. The fraction of sp³-hybridized carbons (Fsp3) is 0.357. The van der Waals surface area contributed by atoms with Crippen molar-refractivity contribution < 1.29 is 8.78 Å². The van der Waals surface area contributed by atoms with Crippen LogP contribution < -0.4 is 10.9 Å². The van der Waals surface area contributed by atoms with Gasteiger partial charge < -0.3 is 5.32 Å². The summed E-state index contributed by atoms with van der Waals surface area (Å²) in [6.07, 6.45) is -1.78. The summed E-state index contributed by atoms with van der Waals surface area (Å²) in [7, 11) is 0. The Labute approximate surface area is 114 Å². The fourth-order valence-corrected chi connectivity index (χ4v) is 2.64. The molecule has 3 rings (SSSR count). The number of aromatic amines is 1. The zero-order valence-electron chi connectivity index (χ0n) is 10.8. The van der Waals surface area contributed by atoms with Gasteiger partial charge in [0.1, 0.15) is 0 Å². The maximum absolute atomic E-state index is 13.0. The van der Waals surface area contributed by atoms with Crippen LogP contribution in [0.4, 0.5) is 8.78 Å². The van der Waals surface area contributed by atoms with E-state index in [0.717, 1.165) is 18.7 Å². The standard InChI is InChI=1S/C14H15F2N3O/c15-13(16)10-4-2-1-3-9(10)8-19-12-5-6-17-7-11(12)14(20)18-19/h1-4,13,17H,5-8H2,(H,18,20). The Kier molecular flexibility index (Phi) is 3.40. The van der Waals surface area contributed by atoms with E-state index in [-0.39, 0.29) is 17.7 Å². The van der Waals surface area contributed by atoms with Crippen molar-refractivity contribution in [2.45, 2.75) is 25.9 Å². The molecule has 0 amide bonds. The molecule has 0 unspecified atom stereocenters. The molecule has 1 aliphatic heterocycles. The van der Waals surface area contributed by atoms with E-state index in [0.29, 0.717) is 17.7 Å². The molecule has 0 aliphatic carbocycles. The summed E-state index contributed by atoms with van der Waals surface area (Å²) in [4.78, 5) is 11.8. The second-order valence-electron chi connectivity index (χ2n) is 4.88. The fourth-order valence-electron chi connectivity index (χ4n) is 2.64. The lowest BCUT2D eigenvalue weighted by atomic mass is 10.1. The average Bonchev–Trinajstić information content (AvgIpc) is 2.76. The smallest absolute Gasteiger partial charge is 0.268 e. The minimum Gasteiger partial charge on any atom is -0.312 e. The predicted molar refractivity (Wildman–Crippen MR) is 71.0 cm³/mol. The monoisotopic (exact) mass is 279 g/mol. The van der Waals surface area contributed by atoms with Crippen LogP contribution in [0.25, 0.3) is 0 Å². The number of nitrogens with zero attached hydrogens (tertiary/aromatic N) is 1. The number of benzene rings is 1. The van der Waals surface area contributed by atoms with Gasteiger partial charge in [0.2, 0.25) is 0 Å². The van der Waals surface area contributed by atoms with Crippen LogP contribution in [0.5, 0.6) is 0 Å². The topological polar surface area (TPSA) is 49.8 Å². The number of rotatable bonds is 3. The highest BCUT2D eigenvalue weighted by Gasteiger charge is 2.19. The molecule has 20 heavy (non-hydrogen) atoms. The Morgan fingerprint density at radius 3 is 2.90 bits per heavy atom. The van der Waals surface area contributed by atoms with Crippen LogP contribution in [0.15, 0.2) is 29.1 Å². The molecule has 106 valence electrons. The van der Waals surface area contributed by atoms with E-state index < -0.39 is 6.43 Å². The van der Waals surface area contributed by atoms with E-state index in [2.05, 4.69) is 10.4 Å². The number of nitrogens with one attached hydrogen (secondary N) is 2. The highest BCUT2D eigenvalue weighted by atomic mass is 19.3. The second kappa shape index (κ2) is 5.20. The summed E-state index contributed by atoms with van der Waals surface area (Å²) in [5, 5.41) is 5.88. The molecular formula is C14H15F2N3O. The van der Waals surface area contributed by atoms with Gasteiger partial charge in [-0.1, -0.05) is 24.3 Å². The molecule has 0 saturated heterocycles. The zero-order chi connectivity index (χ0) is 14.1. The maximum atomic E-state index is 13.0. The molecular weight excluding hydrogens is 264 g/mol. The molecule has 1 aromatic heterocycles. The van der Waals surface area contributed by atoms with Gasteiger partial charge in [0.15, 0.2) is 0 Å². The number of fused-ring (bicyclic) bond motifs is 1. The average molecular weight is 279 g/mol. The van der Waals surface area contributed by atoms with E-state index in [9.17, 15) is 13.6 Å². The molecule has 2 N–H and O–H groups in total. The van der Waals surface area contributed by atoms with Crippen LogP contribution in [0.1, 0.15) is 28.8 Å². The van der Waals surface area contributed by atoms with Crippen LogP contribution in [-0.2, 0) is 19.5 Å². The summed E-state index contributed by atoms with van der Waals surface area (Å²) in [5.74, 6) is 0. The van der Waals surface area contributed by atoms with Gasteiger partial charge in [-0.2, -0.15) is 0 Å². The lowest BCUT2D eigenvalue weighted by Crippen LogP contribution is -2.27. The summed E-state index contributed by atoms with van der Waals surface area (Å²) in [6, 6.07) is 6.43. The van der Waals surface area contributed by atoms with Crippen molar-refractivity contribution in [1.29, 1.82) is 0 Å². The Hall–Kier alpha value is -1.95. The number of hydrogen-bond donors (Lipinski definition) is 2. The Balaban J connectivity index is 1.98. The summed E-state index contributed by atoms with van der Waals surface area (Å²) in [5.41, 5.74) is 2.05. The largest absolute Gasteiger partial charge is 0.312 e. The number of halogens is 2. The third-order valence-electron chi connectivity index (χ3n) is 3.64. The van der Waals surface area contributed by atoms with Crippen molar-refractivity contribution in [2.24, 2.45) is 0 Å². The first-order valence-electron chi connectivity index (χ1n) is 6.54. The SMILES string of the molecule is O=c1[nH]n(Cc2ccccc2C(F)F)c2c1CNCC2. The summed E-state index contributed by atoms with van der Waals surface area (Å²) < 4.78 is 27.7. The van der Waals surface area contributed by atoms with Gasteiger partial charge in [-0.25, -0.2) is 8.78 Å². The van der Waals surface area contributed by atoms with Gasteiger partial charge >= 0.3 is 0 Å². The van der Waals surface area contributed by atoms with Crippen molar-refractivity contribution >= 4 is 0 Å². The van der Waals surface area contributed by atoms with Crippen LogP contribution in [0, 0.1) is 0 Å². The third-order valence-corrected chi connectivity index (χ3v) is 3.64. The van der Waals surface area contributed by atoms with E-state index in [1.54, 1.807) is 22.9 Å². The van der Waals surface area contributed by atoms with Gasteiger partial charge in [-0.15, -0.1) is 0 Å². The molecule has 0 fully saturated rings. The second-order valence-corrected chi connectivity index (χ2v) is 4.88. The Morgan fingerprint density at radius 2 is 2.10 bits per heavy atom. The maximum Gasteiger partial charge on any atom is 0.268 e. The third kappa shape index (κ3) is 2.27. The highest BCUT2D eigenvalue weighted by molar-refractivity contribution is 5.29. The first-order chi connectivity index (χ1) is 9.66. The molecule has 0 radical (unpaired) electrons. The lowest BCUT2D eigenvalue weighted by Gasteiger charge is -2.16. The lowest BCUT2D eigenvalue weighted by molar-refractivity contribution is 0.150. The van der Waals surface area contributed by atoms with Crippen LogP contribution in [-0.4, -0.2) is 16.3 Å². The Bertz CT molecular complexity index is 675. The number of aromatic nitrogens is 2. The molecule has 2 heterocycles. The Morgan fingerprint density at radius 1 is 1.30 bits per heavy atom. The van der Waals surface area contributed by atoms with Crippen molar-refractivity contribution in [1.82, 2.24) is 15.1 Å². The van der Waals surface area contributed by atoms with Crippen molar-refractivity contribution in [3.8, 4) is 0 Å². The molecule has 0 spiro atoms. The van der Waals surface area contributed by atoms with Crippen molar-refractivity contribution in [3.05, 3.63) is 57.0 Å². The summed E-state index contributed by atoms with van der Waals surface area (Å²) >= 11 is 0. The first-order valence-corrected chi connectivity index (χ1v) is 6.54. The highest BCUT2D eigenvalue weighted by Crippen LogP contribution is 2.23. The molecule has 2 aromatic rings. The normalized spacial score (nSPS) is 14.6. The van der Waals surface area contributed by atoms with E-state index in [4.69, 9.17) is 0 Å². The van der Waals surface area contributed by atoms with Gasteiger partial charge in [0, 0.05) is 30.8 Å². The molecule has 1 aliphatic rings. The van der Waals surface area contributed by atoms with Crippen LogP contribution in [0.3, 0.4) is 0 Å². The predicted octanol–water partition coefficient (Wildman–Crippen LogP) is 1.81. The molecule has 4 nitrogen and oxygen atoms in total. The van der Waals surface area contributed by atoms with Crippen LogP contribution >= 0.6 is 0 Å². The van der Waals surface area contributed by atoms with Gasteiger partial charge in [0.25, 0.3) is 12.0 Å². The first kappa shape index (κ1) is 13.1. The van der Waals surface area contributed by atoms with Crippen molar-refractivity contribution in [3.63, 3.8) is 0 Å². The van der Waals surface area contributed by atoms with E-state index in [1.165, 1.54) is 6.07 Å². The van der Waals surface area contributed by atoms with Gasteiger partial charge in [0.05, 0.1) is 12.1 Å². The minimum atomic E-state index is -2.51. The molecule has 0 atom stereocenters. The molecule has 0 saturated carbocycles. The van der Waals surface area contributed by atoms with Gasteiger partial charge in [-0.05, 0) is 5.56 Å². The minimum absolute atomic E-state index is 0.0183. The van der Waals surface area contributed by atoms with Crippen molar-refractivity contribution in [2.75, 3.05) is 6.54 Å². The zero-order valence-corrected chi connectivity index (χ0v) is 10.8. The van der Waals surface area contributed by atoms with Gasteiger partial charge in [-0.3, -0.25) is 14.6 Å². The number of hydrogen-bond acceptors (Lipinski definition) is 2. The summed E-state index contributed by atoms with van der Waals surface area (Å²) in [6.45, 7) is 1.60.